The topological polar surface area (TPSA) is 15.3 Å². The number of hydrogen-bond acceptors (Lipinski definition) is 1. The third-order valence-electron chi connectivity index (χ3n) is 2.97. The van der Waals surface area contributed by atoms with Crippen molar-refractivity contribution in [1.82, 2.24) is 10.2 Å². The van der Waals surface area contributed by atoms with Crippen LogP contribution in [0.3, 0.4) is 0 Å². The number of halogens is 1. The van der Waals surface area contributed by atoms with E-state index in [0.29, 0.717) is 18.2 Å². The van der Waals surface area contributed by atoms with Crippen LogP contribution in [-0.4, -0.2) is 17.1 Å². The summed E-state index contributed by atoms with van der Waals surface area (Å²) in [7, 11) is 1.92. The van der Waals surface area contributed by atoms with Crippen LogP contribution in [0.2, 0.25) is 0 Å². The average Bonchev–Trinajstić information content (AvgIpc) is 2.48. The SMILES string of the molecule is CN(Cc1ccc(F)cc1)C(=S)NCc1ccccc1. The maximum Gasteiger partial charge on any atom is 0.169 e. The van der Waals surface area contributed by atoms with Crippen molar-refractivity contribution in [3.05, 3.63) is 71.5 Å². The third kappa shape index (κ3) is 4.31. The van der Waals surface area contributed by atoms with Crippen molar-refractivity contribution in [3.63, 3.8) is 0 Å². The first-order chi connectivity index (χ1) is 9.65. The Hall–Kier alpha value is -1.94. The number of nitrogens with zero attached hydrogens (tertiary/aromatic N) is 1. The number of rotatable bonds is 4. The molecule has 0 aliphatic carbocycles. The van der Waals surface area contributed by atoms with Crippen LogP contribution in [0, 0.1) is 5.82 Å². The molecular weight excluding hydrogens is 271 g/mol. The van der Waals surface area contributed by atoms with Crippen molar-refractivity contribution in [2.24, 2.45) is 0 Å². The molecule has 2 aromatic carbocycles. The first-order valence-corrected chi connectivity index (χ1v) is 6.83. The monoisotopic (exact) mass is 288 g/mol. The van der Waals surface area contributed by atoms with Crippen LogP contribution in [0.25, 0.3) is 0 Å². The van der Waals surface area contributed by atoms with Gasteiger partial charge in [0.2, 0.25) is 0 Å². The van der Waals surface area contributed by atoms with Gasteiger partial charge in [-0.3, -0.25) is 0 Å². The predicted molar refractivity (Wildman–Crippen MR) is 83.7 cm³/mol. The van der Waals surface area contributed by atoms with E-state index in [9.17, 15) is 4.39 Å². The Morgan fingerprint density at radius 3 is 2.35 bits per heavy atom. The molecule has 0 unspecified atom stereocenters. The summed E-state index contributed by atoms with van der Waals surface area (Å²) in [5.74, 6) is -0.221. The van der Waals surface area contributed by atoms with Gasteiger partial charge in [0.15, 0.2) is 5.11 Å². The lowest BCUT2D eigenvalue weighted by Crippen LogP contribution is -2.36. The van der Waals surface area contributed by atoms with Crippen molar-refractivity contribution in [2.45, 2.75) is 13.1 Å². The molecule has 0 radical (unpaired) electrons. The van der Waals surface area contributed by atoms with E-state index < -0.39 is 0 Å². The van der Waals surface area contributed by atoms with Gasteiger partial charge >= 0.3 is 0 Å². The molecule has 4 heteroatoms. The highest BCUT2D eigenvalue weighted by molar-refractivity contribution is 7.80. The normalized spacial score (nSPS) is 10.1. The zero-order valence-corrected chi connectivity index (χ0v) is 12.2. The average molecular weight is 288 g/mol. The second-order valence-corrected chi connectivity index (χ2v) is 5.01. The van der Waals surface area contributed by atoms with E-state index in [2.05, 4.69) is 17.4 Å². The van der Waals surface area contributed by atoms with Gasteiger partial charge in [-0.05, 0) is 35.5 Å². The fraction of sp³-hybridized carbons (Fsp3) is 0.188. The largest absolute Gasteiger partial charge is 0.358 e. The lowest BCUT2D eigenvalue weighted by molar-refractivity contribution is 0.488. The van der Waals surface area contributed by atoms with Crippen LogP contribution >= 0.6 is 12.2 Å². The van der Waals surface area contributed by atoms with Crippen LogP contribution in [0.1, 0.15) is 11.1 Å². The highest BCUT2D eigenvalue weighted by Crippen LogP contribution is 2.06. The van der Waals surface area contributed by atoms with Gasteiger partial charge in [-0.15, -0.1) is 0 Å². The summed E-state index contributed by atoms with van der Waals surface area (Å²) in [6.07, 6.45) is 0. The van der Waals surface area contributed by atoms with Gasteiger partial charge in [0, 0.05) is 20.1 Å². The van der Waals surface area contributed by atoms with E-state index in [0.717, 1.165) is 5.56 Å². The molecule has 0 heterocycles. The molecule has 2 nitrogen and oxygen atoms in total. The van der Waals surface area contributed by atoms with Crippen LogP contribution in [-0.2, 0) is 13.1 Å². The van der Waals surface area contributed by atoms with Gasteiger partial charge in [-0.1, -0.05) is 42.5 Å². The van der Waals surface area contributed by atoms with E-state index in [1.165, 1.54) is 17.7 Å². The molecule has 0 saturated heterocycles. The van der Waals surface area contributed by atoms with E-state index >= 15 is 0 Å². The number of benzene rings is 2. The molecule has 0 spiro atoms. The zero-order chi connectivity index (χ0) is 14.4. The molecule has 0 atom stereocenters. The summed E-state index contributed by atoms with van der Waals surface area (Å²) in [6, 6.07) is 16.6. The van der Waals surface area contributed by atoms with E-state index in [4.69, 9.17) is 12.2 Å². The maximum atomic E-state index is 12.8. The standard InChI is InChI=1S/C16H17FN2S/c1-19(12-14-7-9-15(17)10-8-14)16(20)18-11-13-5-3-2-4-6-13/h2-10H,11-12H2,1H3,(H,18,20). The van der Waals surface area contributed by atoms with Crippen molar-refractivity contribution >= 4 is 17.3 Å². The summed E-state index contributed by atoms with van der Waals surface area (Å²) < 4.78 is 12.8. The second-order valence-electron chi connectivity index (χ2n) is 4.63. The molecule has 2 aromatic rings. The molecule has 104 valence electrons. The second kappa shape index (κ2) is 7.01. The molecule has 20 heavy (non-hydrogen) atoms. The summed E-state index contributed by atoms with van der Waals surface area (Å²) in [6.45, 7) is 1.36. The van der Waals surface area contributed by atoms with Gasteiger partial charge in [-0.25, -0.2) is 4.39 Å². The molecule has 2 rings (SSSR count). The fourth-order valence-electron chi connectivity index (χ4n) is 1.84. The molecule has 0 aromatic heterocycles. The summed E-state index contributed by atoms with van der Waals surface area (Å²) in [5.41, 5.74) is 2.21. The molecule has 0 fully saturated rings. The molecule has 0 aliphatic rings. The van der Waals surface area contributed by atoms with Gasteiger partial charge < -0.3 is 10.2 Å². The summed E-state index contributed by atoms with van der Waals surface area (Å²) in [5, 5.41) is 3.89. The maximum absolute atomic E-state index is 12.8. The predicted octanol–water partition coefficient (Wildman–Crippen LogP) is 3.33. The van der Waals surface area contributed by atoms with Gasteiger partial charge in [0.1, 0.15) is 5.82 Å². The number of nitrogens with one attached hydrogen (secondary N) is 1. The Morgan fingerprint density at radius 2 is 1.70 bits per heavy atom. The molecular formula is C16H17FN2S. The summed E-state index contributed by atoms with van der Waals surface area (Å²) >= 11 is 5.34. The van der Waals surface area contributed by atoms with Crippen LogP contribution in [0.5, 0.6) is 0 Å². The number of thiocarbonyl (C=S) groups is 1. The minimum atomic E-state index is -0.221. The molecule has 0 aliphatic heterocycles. The van der Waals surface area contributed by atoms with Crippen LogP contribution in [0.15, 0.2) is 54.6 Å². The van der Waals surface area contributed by atoms with Crippen molar-refractivity contribution in [3.8, 4) is 0 Å². The smallest absolute Gasteiger partial charge is 0.169 e. The zero-order valence-electron chi connectivity index (χ0n) is 11.3. The highest BCUT2D eigenvalue weighted by Gasteiger charge is 2.05. The van der Waals surface area contributed by atoms with E-state index in [1.807, 2.05) is 30.1 Å². The molecule has 0 saturated carbocycles. The van der Waals surface area contributed by atoms with Crippen molar-refractivity contribution in [2.75, 3.05) is 7.05 Å². The minimum Gasteiger partial charge on any atom is -0.358 e. The number of hydrogen-bond donors (Lipinski definition) is 1. The van der Waals surface area contributed by atoms with E-state index in [1.54, 1.807) is 12.1 Å². The van der Waals surface area contributed by atoms with Crippen molar-refractivity contribution in [1.29, 1.82) is 0 Å². The van der Waals surface area contributed by atoms with Gasteiger partial charge in [0.05, 0.1) is 0 Å². The lowest BCUT2D eigenvalue weighted by Gasteiger charge is -2.21. The Labute approximate surface area is 124 Å². The fourth-order valence-corrected chi connectivity index (χ4v) is 1.98. The Balaban J connectivity index is 1.84. The first kappa shape index (κ1) is 14.5. The van der Waals surface area contributed by atoms with Crippen molar-refractivity contribution < 1.29 is 4.39 Å². The molecule has 1 N–H and O–H groups in total. The highest BCUT2D eigenvalue weighted by atomic mass is 32.1. The van der Waals surface area contributed by atoms with Crippen LogP contribution in [0.4, 0.5) is 4.39 Å². The third-order valence-corrected chi connectivity index (χ3v) is 3.42. The summed E-state index contributed by atoms with van der Waals surface area (Å²) in [4.78, 5) is 1.94. The van der Waals surface area contributed by atoms with Gasteiger partial charge in [0.25, 0.3) is 0 Å². The Bertz CT molecular complexity index is 554. The first-order valence-electron chi connectivity index (χ1n) is 6.42. The lowest BCUT2D eigenvalue weighted by atomic mass is 10.2. The Kier molecular flexibility index (Phi) is 5.07. The quantitative estimate of drug-likeness (QED) is 0.869. The minimum absolute atomic E-state index is 0.221. The molecule has 0 bridgehead atoms. The van der Waals surface area contributed by atoms with Crippen LogP contribution < -0.4 is 5.32 Å². The van der Waals surface area contributed by atoms with E-state index in [-0.39, 0.29) is 5.82 Å². The van der Waals surface area contributed by atoms with Gasteiger partial charge in [-0.2, -0.15) is 0 Å². The molecule has 0 amide bonds. The Morgan fingerprint density at radius 1 is 1.05 bits per heavy atom.